The minimum absolute atomic E-state index is 0.181. The van der Waals surface area contributed by atoms with E-state index in [1.54, 1.807) is 0 Å². The molecule has 0 aromatic carbocycles. The Kier molecular flexibility index (Phi) is 3.86. The van der Waals surface area contributed by atoms with Gasteiger partial charge in [0.25, 0.3) is 0 Å². The molecule has 2 heterocycles. The van der Waals surface area contributed by atoms with E-state index in [1.807, 2.05) is 16.2 Å². The van der Waals surface area contributed by atoms with Crippen LogP contribution in [0.1, 0.15) is 23.8 Å². The molecular weight excluding hydrogens is 260 g/mol. The van der Waals surface area contributed by atoms with Crippen LogP contribution in [0.3, 0.4) is 0 Å². The first-order valence-corrected chi connectivity index (χ1v) is 7.83. The smallest absolute Gasteiger partial charge is 0.317 e. The second-order valence-electron chi connectivity index (χ2n) is 5.50. The molecule has 1 saturated carbocycles. The van der Waals surface area contributed by atoms with Crippen molar-refractivity contribution in [2.75, 3.05) is 32.7 Å². The third kappa shape index (κ3) is 3.16. The lowest BCUT2D eigenvalue weighted by molar-refractivity contribution is -0.138. The number of rotatable bonds is 5. The molecule has 2 fully saturated rings. The summed E-state index contributed by atoms with van der Waals surface area (Å²) in [6.45, 7) is 3.92. The number of carboxylic acids is 1. The molecule has 1 aliphatic heterocycles. The van der Waals surface area contributed by atoms with Crippen LogP contribution in [0.4, 0.5) is 0 Å². The number of nitrogens with zero attached hydrogens (tertiary/aromatic N) is 2. The van der Waals surface area contributed by atoms with Crippen molar-refractivity contribution in [2.24, 2.45) is 5.92 Å². The Hall–Kier alpha value is -0.910. The normalized spacial score (nSPS) is 23.4. The Bertz CT molecular complexity index is 423. The summed E-state index contributed by atoms with van der Waals surface area (Å²) in [4.78, 5) is 16.8. The number of thiophene rings is 1. The molecule has 0 bridgehead atoms. The zero-order valence-corrected chi connectivity index (χ0v) is 11.8. The molecule has 1 aliphatic carbocycles. The van der Waals surface area contributed by atoms with E-state index in [0.717, 1.165) is 32.1 Å². The predicted octanol–water partition coefficient (Wildman–Crippen LogP) is 1.90. The van der Waals surface area contributed by atoms with Crippen molar-refractivity contribution >= 4 is 17.3 Å². The molecule has 19 heavy (non-hydrogen) atoms. The highest BCUT2D eigenvalue weighted by Crippen LogP contribution is 2.46. The minimum Gasteiger partial charge on any atom is -0.480 e. The van der Waals surface area contributed by atoms with Gasteiger partial charge in [-0.3, -0.25) is 14.6 Å². The molecule has 1 unspecified atom stereocenters. The fraction of sp³-hybridized carbons (Fsp3) is 0.643. The number of aliphatic carboxylic acids is 1. The third-order valence-corrected chi connectivity index (χ3v) is 5.01. The van der Waals surface area contributed by atoms with Gasteiger partial charge in [0.15, 0.2) is 0 Å². The van der Waals surface area contributed by atoms with Crippen LogP contribution >= 0.6 is 11.3 Å². The molecule has 1 aromatic rings. The van der Waals surface area contributed by atoms with E-state index in [4.69, 9.17) is 5.11 Å². The molecule has 1 aromatic heterocycles. The van der Waals surface area contributed by atoms with Gasteiger partial charge in [-0.1, -0.05) is 6.07 Å². The third-order valence-electron chi connectivity index (χ3n) is 4.06. The second kappa shape index (κ2) is 5.61. The van der Waals surface area contributed by atoms with Gasteiger partial charge in [0, 0.05) is 37.1 Å². The van der Waals surface area contributed by atoms with Gasteiger partial charge in [0.2, 0.25) is 0 Å². The summed E-state index contributed by atoms with van der Waals surface area (Å²) >= 11 is 1.86. The Morgan fingerprint density at radius 3 is 2.63 bits per heavy atom. The van der Waals surface area contributed by atoms with Gasteiger partial charge in [-0.25, -0.2) is 0 Å². The average Bonchev–Trinajstić information content (AvgIpc) is 3.06. The first-order valence-electron chi connectivity index (χ1n) is 6.95. The van der Waals surface area contributed by atoms with Crippen molar-refractivity contribution in [3.63, 3.8) is 0 Å². The number of hydrogen-bond donors (Lipinski definition) is 1. The van der Waals surface area contributed by atoms with Crippen LogP contribution in [-0.4, -0.2) is 53.6 Å². The van der Waals surface area contributed by atoms with Crippen LogP contribution < -0.4 is 0 Å². The molecule has 5 heteroatoms. The fourth-order valence-corrected chi connectivity index (χ4v) is 3.93. The second-order valence-corrected chi connectivity index (χ2v) is 6.48. The summed E-state index contributed by atoms with van der Waals surface area (Å²) in [6.07, 6.45) is 2.69. The Labute approximate surface area is 117 Å². The first kappa shape index (κ1) is 13.1. The SMILES string of the molecule is O=C(O)CN1CCN(C(c2cccs2)C2CC2)CC1. The minimum atomic E-state index is -0.717. The highest BCUT2D eigenvalue weighted by Gasteiger charge is 2.38. The molecule has 0 radical (unpaired) electrons. The Balaban J connectivity index is 1.61. The largest absolute Gasteiger partial charge is 0.480 e. The lowest BCUT2D eigenvalue weighted by Gasteiger charge is -2.38. The molecular formula is C14H20N2O2S. The summed E-state index contributed by atoms with van der Waals surface area (Å²) in [6, 6.07) is 4.96. The summed E-state index contributed by atoms with van der Waals surface area (Å²) in [5, 5.41) is 11.0. The molecule has 104 valence electrons. The van der Waals surface area contributed by atoms with E-state index < -0.39 is 5.97 Å². The molecule has 2 aliphatic rings. The zero-order valence-electron chi connectivity index (χ0n) is 11.0. The maximum Gasteiger partial charge on any atom is 0.317 e. The van der Waals surface area contributed by atoms with E-state index in [0.29, 0.717) is 6.04 Å². The number of carbonyl (C=O) groups is 1. The quantitative estimate of drug-likeness (QED) is 0.894. The summed E-state index contributed by atoms with van der Waals surface area (Å²) in [7, 11) is 0. The van der Waals surface area contributed by atoms with Crippen LogP contribution in [0.25, 0.3) is 0 Å². The van der Waals surface area contributed by atoms with Crippen molar-refractivity contribution in [3.8, 4) is 0 Å². The average molecular weight is 280 g/mol. The number of carboxylic acid groups (broad SMARTS) is 1. The van der Waals surface area contributed by atoms with Gasteiger partial charge >= 0.3 is 5.97 Å². The van der Waals surface area contributed by atoms with E-state index in [9.17, 15) is 4.79 Å². The van der Waals surface area contributed by atoms with Crippen LogP contribution in [0, 0.1) is 5.92 Å². The van der Waals surface area contributed by atoms with Gasteiger partial charge in [-0.15, -0.1) is 11.3 Å². The lowest BCUT2D eigenvalue weighted by Crippen LogP contribution is -2.49. The zero-order chi connectivity index (χ0) is 13.2. The highest BCUT2D eigenvalue weighted by atomic mass is 32.1. The van der Waals surface area contributed by atoms with Crippen LogP contribution in [0.5, 0.6) is 0 Å². The van der Waals surface area contributed by atoms with Gasteiger partial charge < -0.3 is 5.11 Å². The molecule has 1 N–H and O–H groups in total. The van der Waals surface area contributed by atoms with Crippen LogP contribution in [-0.2, 0) is 4.79 Å². The van der Waals surface area contributed by atoms with Crippen molar-refractivity contribution in [3.05, 3.63) is 22.4 Å². The van der Waals surface area contributed by atoms with Gasteiger partial charge in [-0.05, 0) is 30.2 Å². The van der Waals surface area contributed by atoms with E-state index in [2.05, 4.69) is 22.4 Å². The van der Waals surface area contributed by atoms with Crippen LogP contribution in [0.2, 0.25) is 0 Å². The summed E-state index contributed by atoms with van der Waals surface area (Å²) < 4.78 is 0. The standard InChI is InChI=1S/C14H20N2O2S/c17-13(18)10-15-5-7-16(8-6-15)14(11-3-4-11)12-2-1-9-19-12/h1-2,9,11,14H,3-8,10H2,(H,17,18). The van der Waals surface area contributed by atoms with Crippen molar-refractivity contribution in [1.82, 2.24) is 9.80 Å². The van der Waals surface area contributed by atoms with E-state index >= 15 is 0 Å². The lowest BCUT2D eigenvalue weighted by atomic mass is 10.1. The first-order chi connectivity index (χ1) is 9.24. The van der Waals surface area contributed by atoms with Gasteiger partial charge in [0.1, 0.15) is 0 Å². The molecule has 0 amide bonds. The predicted molar refractivity (Wildman–Crippen MR) is 75.4 cm³/mol. The topological polar surface area (TPSA) is 43.8 Å². The summed E-state index contributed by atoms with van der Waals surface area (Å²) in [5.74, 6) is 0.107. The Morgan fingerprint density at radius 2 is 2.11 bits per heavy atom. The van der Waals surface area contributed by atoms with E-state index in [1.165, 1.54) is 17.7 Å². The maximum atomic E-state index is 10.7. The van der Waals surface area contributed by atoms with Crippen molar-refractivity contribution in [1.29, 1.82) is 0 Å². The highest BCUT2D eigenvalue weighted by molar-refractivity contribution is 7.10. The van der Waals surface area contributed by atoms with Gasteiger partial charge in [0.05, 0.1) is 6.54 Å². The van der Waals surface area contributed by atoms with Crippen LogP contribution in [0.15, 0.2) is 17.5 Å². The number of piperazine rings is 1. The summed E-state index contributed by atoms with van der Waals surface area (Å²) in [5.41, 5.74) is 0. The fourth-order valence-electron chi connectivity index (χ4n) is 2.97. The maximum absolute atomic E-state index is 10.7. The Morgan fingerprint density at radius 1 is 1.37 bits per heavy atom. The molecule has 1 atom stereocenters. The van der Waals surface area contributed by atoms with Crippen molar-refractivity contribution < 1.29 is 9.90 Å². The molecule has 3 rings (SSSR count). The molecule has 0 spiro atoms. The van der Waals surface area contributed by atoms with Crippen molar-refractivity contribution in [2.45, 2.75) is 18.9 Å². The monoisotopic (exact) mass is 280 g/mol. The van der Waals surface area contributed by atoms with Gasteiger partial charge in [-0.2, -0.15) is 0 Å². The van der Waals surface area contributed by atoms with E-state index in [-0.39, 0.29) is 6.54 Å². The number of hydrogen-bond acceptors (Lipinski definition) is 4. The molecule has 4 nitrogen and oxygen atoms in total. The molecule has 1 saturated heterocycles.